The van der Waals surface area contributed by atoms with Crippen LogP contribution in [0.3, 0.4) is 0 Å². The van der Waals surface area contributed by atoms with E-state index in [1.165, 1.54) is 17.0 Å². The zero-order chi connectivity index (χ0) is 30.2. The summed E-state index contributed by atoms with van der Waals surface area (Å²) in [5.41, 5.74) is 2.15. The first-order valence-electron chi connectivity index (χ1n) is 13.6. The molecular weight excluding hydrogens is 606 g/mol. The summed E-state index contributed by atoms with van der Waals surface area (Å²) in [5.74, 6) is -0.225. The molecule has 0 aliphatic rings. The molecule has 10 heteroatoms. The summed E-state index contributed by atoms with van der Waals surface area (Å²) in [6, 6.07) is 19.6. The molecule has 1 N–H and O–H groups in total. The Hall–Kier alpha value is -3.37. The maximum atomic E-state index is 14.0. The van der Waals surface area contributed by atoms with Gasteiger partial charge in [0.2, 0.25) is 11.8 Å². The number of halogens is 1. The molecule has 0 radical (unpaired) electrons. The molecule has 0 saturated heterocycles. The smallest absolute Gasteiger partial charge is 0.264 e. The van der Waals surface area contributed by atoms with E-state index in [1.54, 1.807) is 43.3 Å². The summed E-state index contributed by atoms with van der Waals surface area (Å²) in [4.78, 5) is 28.7. The Morgan fingerprint density at radius 1 is 0.976 bits per heavy atom. The van der Waals surface area contributed by atoms with Gasteiger partial charge in [-0.15, -0.1) is 0 Å². The number of rotatable bonds is 13. The molecule has 0 aromatic heterocycles. The summed E-state index contributed by atoms with van der Waals surface area (Å²) in [6.07, 6.45) is 0.737. The fourth-order valence-electron chi connectivity index (χ4n) is 4.19. The van der Waals surface area contributed by atoms with E-state index in [2.05, 4.69) is 21.2 Å². The largest absolute Gasteiger partial charge is 0.494 e. The van der Waals surface area contributed by atoms with Crippen molar-refractivity contribution in [3.8, 4) is 5.75 Å². The Morgan fingerprint density at radius 2 is 1.63 bits per heavy atom. The molecule has 0 spiro atoms. The summed E-state index contributed by atoms with van der Waals surface area (Å²) in [5, 5.41) is 2.94. The zero-order valence-electron chi connectivity index (χ0n) is 24.1. The van der Waals surface area contributed by atoms with Crippen LogP contribution in [0.5, 0.6) is 5.75 Å². The topological polar surface area (TPSA) is 96.0 Å². The lowest BCUT2D eigenvalue weighted by Crippen LogP contribution is -2.52. The van der Waals surface area contributed by atoms with Crippen molar-refractivity contribution in [2.24, 2.45) is 0 Å². The molecule has 8 nitrogen and oxygen atoms in total. The van der Waals surface area contributed by atoms with Gasteiger partial charge in [-0.2, -0.15) is 0 Å². The Bertz CT molecular complexity index is 1430. The first-order valence-corrected chi connectivity index (χ1v) is 15.9. The molecule has 3 aromatic rings. The van der Waals surface area contributed by atoms with Crippen LogP contribution in [0.2, 0.25) is 0 Å². The van der Waals surface area contributed by atoms with E-state index < -0.39 is 28.5 Å². The SMILES string of the molecule is CCOc1ccc(N(CC(=O)N(Cc2cccc(C)c2)[C@@H](C)C(=O)N[C@@H](C)CC)S(=O)(=O)c2ccc(Br)cc2)cc1. The third kappa shape index (κ3) is 8.56. The van der Waals surface area contributed by atoms with Gasteiger partial charge < -0.3 is 15.0 Å². The molecule has 0 bridgehead atoms. The summed E-state index contributed by atoms with van der Waals surface area (Å²) < 4.78 is 35.2. The lowest BCUT2D eigenvalue weighted by atomic mass is 10.1. The van der Waals surface area contributed by atoms with E-state index in [9.17, 15) is 18.0 Å². The highest BCUT2D eigenvalue weighted by Crippen LogP contribution is 2.27. The third-order valence-electron chi connectivity index (χ3n) is 6.72. The predicted molar refractivity (Wildman–Crippen MR) is 165 cm³/mol. The molecule has 0 aliphatic carbocycles. The first-order chi connectivity index (χ1) is 19.5. The summed E-state index contributed by atoms with van der Waals surface area (Å²) >= 11 is 3.34. The van der Waals surface area contributed by atoms with Crippen molar-refractivity contribution in [2.75, 3.05) is 17.5 Å². The highest BCUT2D eigenvalue weighted by molar-refractivity contribution is 9.10. The van der Waals surface area contributed by atoms with Crippen molar-refractivity contribution in [3.63, 3.8) is 0 Å². The fourth-order valence-corrected chi connectivity index (χ4v) is 5.87. The molecule has 2 amide bonds. The second kappa shape index (κ2) is 14.5. The van der Waals surface area contributed by atoms with Crippen LogP contribution in [0.15, 0.2) is 82.2 Å². The maximum absolute atomic E-state index is 14.0. The first kappa shape index (κ1) is 32.1. The molecule has 2 atom stereocenters. The van der Waals surface area contributed by atoms with Gasteiger partial charge in [0.05, 0.1) is 17.2 Å². The van der Waals surface area contributed by atoms with Crippen molar-refractivity contribution >= 4 is 43.5 Å². The third-order valence-corrected chi connectivity index (χ3v) is 9.04. The summed E-state index contributed by atoms with van der Waals surface area (Å²) in [7, 11) is -4.15. The van der Waals surface area contributed by atoms with Crippen LogP contribution in [0.1, 0.15) is 45.2 Å². The molecule has 3 aromatic carbocycles. The lowest BCUT2D eigenvalue weighted by Gasteiger charge is -2.32. The van der Waals surface area contributed by atoms with Gasteiger partial charge in [-0.1, -0.05) is 52.7 Å². The Labute approximate surface area is 251 Å². The van der Waals surface area contributed by atoms with Gasteiger partial charge in [-0.05, 0) is 88.2 Å². The van der Waals surface area contributed by atoms with Gasteiger partial charge in [0, 0.05) is 17.1 Å². The monoisotopic (exact) mass is 643 g/mol. The number of benzene rings is 3. The van der Waals surface area contributed by atoms with Crippen molar-refractivity contribution in [3.05, 3.63) is 88.4 Å². The van der Waals surface area contributed by atoms with Crippen LogP contribution in [-0.4, -0.2) is 50.4 Å². The normalized spacial score (nSPS) is 12.7. The van der Waals surface area contributed by atoms with E-state index in [-0.39, 0.29) is 23.4 Å². The Morgan fingerprint density at radius 3 is 2.22 bits per heavy atom. The van der Waals surface area contributed by atoms with Gasteiger partial charge in [-0.25, -0.2) is 8.42 Å². The van der Waals surface area contributed by atoms with E-state index in [4.69, 9.17) is 4.74 Å². The molecule has 41 heavy (non-hydrogen) atoms. The van der Waals surface area contributed by atoms with E-state index in [0.29, 0.717) is 18.0 Å². The van der Waals surface area contributed by atoms with Gasteiger partial charge in [0.1, 0.15) is 18.3 Å². The molecule has 3 rings (SSSR count). The number of sulfonamides is 1. The molecule has 0 heterocycles. The number of nitrogens with zero attached hydrogens (tertiary/aromatic N) is 2. The number of anilines is 1. The molecule has 0 aliphatic heterocycles. The number of hydrogen-bond donors (Lipinski definition) is 1. The maximum Gasteiger partial charge on any atom is 0.264 e. The molecule has 0 saturated carbocycles. The predicted octanol–water partition coefficient (Wildman–Crippen LogP) is 5.68. The quantitative estimate of drug-likeness (QED) is 0.258. The minimum atomic E-state index is -4.15. The van der Waals surface area contributed by atoms with Gasteiger partial charge in [0.25, 0.3) is 10.0 Å². The second-order valence-corrected chi connectivity index (χ2v) is 12.7. The number of carbonyl (C=O) groups is 2. The molecule has 220 valence electrons. The Balaban J connectivity index is 2.03. The van der Waals surface area contributed by atoms with Crippen LogP contribution in [0.4, 0.5) is 5.69 Å². The molecule has 0 unspecified atom stereocenters. The molecule has 0 fully saturated rings. The van der Waals surface area contributed by atoms with Crippen molar-refractivity contribution in [1.29, 1.82) is 0 Å². The summed E-state index contributed by atoms with van der Waals surface area (Å²) in [6.45, 7) is 9.44. The average Bonchev–Trinajstić information content (AvgIpc) is 2.95. The number of ether oxygens (including phenoxy) is 1. The van der Waals surface area contributed by atoms with Gasteiger partial charge in [0.15, 0.2) is 0 Å². The second-order valence-electron chi connectivity index (χ2n) is 9.90. The number of aryl methyl sites for hydroxylation is 1. The van der Waals surface area contributed by atoms with E-state index in [1.807, 2.05) is 52.0 Å². The Kier molecular flexibility index (Phi) is 11.4. The van der Waals surface area contributed by atoms with Crippen LogP contribution < -0.4 is 14.4 Å². The minimum Gasteiger partial charge on any atom is -0.494 e. The number of carbonyl (C=O) groups excluding carboxylic acids is 2. The van der Waals surface area contributed by atoms with Crippen LogP contribution in [-0.2, 0) is 26.2 Å². The number of nitrogens with one attached hydrogen (secondary N) is 1. The van der Waals surface area contributed by atoms with Crippen molar-refractivity contribution < 1.29 is 22.7 Å². The van der Waals surface area contributed by atoms with E-state index in [0.717, 1.165) is 26.3 Å². The van der Waals surface area contributed by atoms with Crippen LogP contribution in [0, 0.1) is 6.92 Å². The number of hydrogen-bond acceptors (Lipinski definition) is 5. The van der Waals surface area contributed by atoms with E-state index >= 15 is 0 Å². The molecular formula is C31H38BrN3O5S. The van der Waals surface area contributed by atoms with Crippen molar-refractivity contribution in [1.82, 2.24) is 10.2 Å². The highest BCUT2D eigenvalue weighted by Gasteiger charge is 2.32. The minimum absolute atomic E-state index is 0.0372. The van der Waals surface area contributed by atoms with Gasteiger partial charge in [-0.3, -0.25) is 13.9 Å². The highest BCUT2D eigenvalue weighted by atomic mass is 79.9. The fraction of sp³-hybridized carbons (Fsp3) is 0.355. The van der Waals surface area contributed by atoms with Gasteiger partial charge >= 0.3 is 0 Å². The average molecular weight is 645 g/mol. The lowest BCUT2D eigenvalue weighted by molar-refractivity contribution is -0.139. The number of amides is 2. The standard InChI is InChI=1S/C31H38BrN3O5S/c1-6-23(4)33-31(37)24(5)34(20-25-10-8-9-22(3)19-25)30(36)21-35(27-13-15-28(16-14-27)40-7-2)41(38,39)29-17-11-26(32)12-18-29/h8-19,23-24H,6-7,20-21H2,1-5H3,(H,33,37)/t23-,24-/m0/s1. The van der Waals surface area contributed by atoms with Crippen LogP contribution >= 0.6 is 15.9 Å². The van der Waals surface area contributed by atoms with Crippen LogP contribution in [0.25, 0.3) is 0 Å². The zero-order valence-corrected chi connectivity index (χ0v) is 26.5. The van der Waals surface area contributed by atoms with Crippen molar-refractivity contribution in [2.45, 2.75) is 64.6 Å².